The van der Waals surface area contributed by atoms with Crippen molar-refractivity contribution in [3.8, 4) is 0 Å². The lowest BCUT2D eigenvalue weighted by Gasteiger charge is -2.38. The summed E-state index contributed by atoms with van der Waals surface area (Å²) in [5.41, 5.74) is 0. The zero-order valence-electron chi connectivity index (χ0n) is 12.7. The van der Waals surface area contributed by atoms with Crippen molar-refractivity contribution in [3.63, 3.8) is 0 Å². The minimum Gasteiger partial charge on any atom is -0.477 e. The van der Waals surface area contributed by atoms with Crippen LogP contribution in [0.4, 0.5) is 61.5 Å². The normalized spacial score (nSPS) is 20.1. The van der Waals surface area contributed by atoms with Crippen LogP contribution in [0.2, 0.25) is 0 Å². The van der Waals surface area contributed by atoms with Gasteiger partial charge in [0.15, 0.2) is 0 Å². The fraction of sp³-hybridized carbons (Fsp3) is 0.778. The summed E-state index contributed by atoms with van der Waals surface area (Å²) in [4.78, 5) is 20.5. The van der Waals surface area contributed by atoms with Crippen molar-refractivity contribution in [2.75, 3.05) is 0 Å². The first-order chi connectivity index (χ1) is 12.8. The largest absolute Gasteiger partial charge is 0.527 e. The SMILES string of the molecule is O=C(O)C(F)(OC(F)(OC(F)(C(=O)O)C(F)(F)F)C(F)(F)OC(F)(F)F)C(F)(F)F. The van der Waals surface area contributed by atoms with Crippen molar-refractivity contribution in [2.45, 2.75) is 42.6 Å². The molecule has 2 atom stereocenters. The number of hydrogen-bond acceptors (Lipinski definition) is 5. The van der Waals surface area contributed by atoms with E-state index in [9.17, 15) is 71.1 Å². The third kappa shape index (κ3) is 5.30. The molecule has 0 bridgehead atoms. The lowest BCUT2D eigenvalue weighted by molar-refractivity contribution is -0.572. The summed E-state index contributed by atoms with van der Waals surface area (Å²) >= 11 is 0. The molecule has 0 aromatic heterocycles. The van der Waals surface area contributed by atoms with E-state index < -0.39 is 54.5 Å². The first kappa shape index (κ1) is 27.8. The smallest absolute Gasteiger partial charge is 0.477 e. The molecule has 2 N–H and O–H groups in total. The molecule has 0 fully saturated rings. The van der Waals surface area contributed by atoms with Gasteiger partial charge < -0.3 is 10.2 Å². The quantitative estimate of drug-likeness (QED) is 0.399. The molecule has 0 spiro atoms. The van der Waals surface area contributed by atoms with Gasteiger partial charge in [-0.05, 0) is 0 Å². The highest BCUT2D eigenvalue weighted by molar-refractivity contribution is 5.77. The maximum absolute atomic E-state index is 14.0. The molecule has 0 saturated heterocycles. The van der Waals surface area contributed by atoms with E-state index in [1.807, 2.05) is 9.47 Å². The number of carboxylic acid groups (broad SMARTS) is 2. The Morgan fingerprint density at radius 2 is 0.800 bits per heavy atom. The second-order valence-corrected chi connectivity index (χ2v) is 4.60. The number of aliphatic carboxylic acids is 2. The summed E-state index contributed by atoms with van der Waals surface area (Å²) in [6.45, 7) is 0. The Kier molecular flexibility index (Phi) is 6.97. The number of ether oxygens (including phenoxy) is 3. The highest BCUT2D eigenvalue weighted by Crippen LogP contribution is 2.50. The Labute approximate surface area is 151 Å². The van der Waals surface area contributed by atoms with Crippen molar-refractivity contribution in [2.24, 2.45) is 0 Å². The lowest BCUT2D eigenvalue weighted by Crippen LogP contribution is -2.66. The Morgan fingerprint density at radius 1 is 0.533 bits per heavy atom. The van der Waals surface area contributed by atoms with Crippen LogP contribution >= 0.6 is 0 Å². The molecule has 2 unspecified atom stereocenters. The highest BCUT2D eigenvalue weighted by atomic mass is 19.4. The Hall–Kier alpha value is -2.16. The molecule has 178 valence electrons. The lowest BCUT2D eigenvalue weighted by atomic mass is 10.2. The number of rotatable bonds is 8. The Balaban J connectivity index is 6.86. The van der Waals surface area contributed by atoms with E-state index in [1.54, 1.807) is 0 Å². The molecular formula is C9H2F14O7. The van der Waals surface area contributed by atoms with E-state index in [2.05, 4.69) is 0 Å². The average molecular weight is 488 g/mol. The Bertz CT molecular complexity index is 628. The van der Waals surface area contributed by atoms with E-state index in [0.717, 1.165) is 0 Å². The van der Waals surface area contributed by atoms with Crippen LogP contribution in [0, 0.1) is 0 Å². The van der Waals surface area contributed by atoms with Crippen molar-refractivity contribution in [1.29, 1.82) is 0 Å². The maximum atomic E-state index is 14.0. The van der Waals surface area contributed by atoms with Gasteiger partial charge >= 0.3 is 54.5 Å². The maximum Gasteiger partial charge on any atom is 0.527 e. The molecule has 7 nitrogen and oxygen atoms in total. The van der Waals surface area contributed by atoms with E-state index in [0.29, 0.717) is 0 Å². The van der Waals surface area contributed by atoms with Gasteiger partial charge in [-0.2, -0.15) is 48.3 Å². The number of carboxylic acids is 2. The molecule has 0 radical (unpaired) electrons. The van der Waals surface area contributed by atoms with Crippen molar-refractivity contribution >= 4 is 11.9 Å². The minimum absolute atomic E-state index is 1.45. The fourth-order valence-corrected chi connectivity index (χ4v) is 1.15. The molecule has 0 saturated carbocycles. The predicted molar refractivity (Wildman–Crippen MR) is 53.2 cm³/mol. The first-order valence-corrected chi connectivity index (χ1v) is 5.98. The molecule has 0 heterocycles. The summed E-state index contributed by atoms with van der Waals surface area (Å²) < 4.78 is 183. The van der Waals surface area contributed by atoms with E-state index in [4.69, 9.17) is 10.2 Å². The van der Waals surface area contributed by atoms with Gasteiger partial charge in [0.25, 0.3) is 0 Å². The third-order valence-electron chi connectivity index (χ3n) is 2.41. The Morgan fingerprint density at radius 3 is 0.967 bits per heavy atom. The van der Waals surface area contributed by atoms with Gasteiger partial charge in [0.1, 0.15) is 0 Å². The van der Waals surface area contributed by atoms with Crippen LogP contribution in [0.3, 0.4) is 0 Å². The first-order valence-electron chi connectivity index (χ1n) is 5.98. The second-order valence-electron chi connectivity index (χ2n) is 4.60. The second kappa shape index (κ2) is 7.51. The van der Waals surface area contributed by atoms with E-state index in [-0.39, 0.29) is 0 Å². The summed E-state index contributed by atoms with van der Waals surface area (Å²) in [6.07, 6.45) is -28.9. The van der Waals surface area contributed by atoms with Crippen LogP contribution in [0.25, 0.3) is 0 Å². The molecule has 0 aromatic carbocycles. The van der Waals surface area contributed by atoms with Gasteiger partial charge in [-0.3, -0.25) is 9.47 Å². The molecule has 0 aromatic rings. The monoisotopic (exact) mass is 488 g/mol. The third-order valence-corrected chi connectivity index (χ3v) is 2.41. The summed E-state index contributed by atoms with van der Waals surface area (Å²) in [6, 6.07) is -7.48. The number of alkyl halides is 14. The molecule has 0 aliphatic heterocycles. The molecule has 0 amide bonds. The zero-order chi connectivity index (χ0) is 24.8. The van der Waals surface area contributed by atoms with Crippen molar-refractivity contribution in [3.05, 3.63) is 0 Å². The van der Waals surface area contributed by atoms with Crippen LogP contribution in [0.5, 0.6) is 0 Å². The van der Waals surface area contributed by atoms with Crippen LogP contribution < -0.4 is 0 Å². The molecule has 0 aliphatic carbocycles. The summed E-state index contributed by atoms with van der Waals surface area (Å²) in [5.74, 6) is -22.4. The minimum atomic E-state index is -7.48. The van der Waals surface area contributed by atoms with Gasteiger partial charge in [-0.15, -0.1) is 13.2 Å². The topological polar surface area (TPSA) is 102 Å². The highest BCUT2D eigenvalue weighted by Gasteiger charge is 2.80. The fourth-order valence-electron chi connectivity index (χ4n) is 1.15. The molecule has 30 heavy (non-hydrogen) atoms. The predicted octanol–water partition coefficient (Wildman–Crippen LogP) is 3.40. The number of halogens is 14. The van der Waals surface area contributed by atoms with Gasteiger partial charge in [0.2, 0.25) is 0 Å². The van der Waals surface area contributed by atoms with Crippen LogP contribution in [0.1, 0.15) is 0 Å². The molecule has 0 aliphatic rings. The van der Waals surface area contributed by atoms with E-state index >= 15 is 0 Å². The number of carbonyl (C=O) groups is 2. The van der Waals surface area contributed by atoms with Crippen molar-refractivity contribution in [1.82, 2.24) is 0 Å². The van der Waals surface area contributed by atoms with Gasteiger partial charge in [-0.1, -0.05) is 0 Å². The molecule has 0 rings (SSSR count). The van der Waals surface area contributed by atoms with Crippen LogP contribution in [0.15, 0.2) is 0 Å². The van der Waals surface area contributed by atoms with Gasteiger partial charge in [0.05, 0.1) is 0 Å². The van der Waals surface area contributed by atoms with Crippen molar-refractivity contribution < 1.29 is 95.5 Å². The zero-order valence-corrected chi connectivity index (χ0v) is 12.7. The molecule has 21 heteroatoms. The molecular weight excluding hydrogens is 486 g/mol. The number of hydrogen-bond donors (Lipinski definition) is 2. The summed E-state index contributed by atoms with van der Waals surface area (Å²) in [5, 5.41) is 16.0. The standard InChI is InChI=1S/C9H2F14O7/c10-3(1(24)25,5(12,13)14)28-8(20,7(18,19)30-9(21,22)23)29-4(11,2(26)27)6(15,16)17/h(H,24,25)(H,26,27). The van der Waals surface area contributed by atoms with Gasteiger partial charge in [-0.25, -0.2) is 14.3 Å². The van der Waals surface area contributed by atoms with Crippen LogP contribution in [-0.2, 0) is 23.8 Å². The van der Waals surface area contributed by atoms with Gasteiger partial charge in [0, 0.05) is 0 Å². The van der Waals surface area contributed by atoms with Crippen LogP contribution in [-0.4, -0.2) is 64.7 Å². The van der Waals surface area contributed by atoms with E-state index in [1.165, 1.54) is 4.74 Å². The summed E-state index contributed by atoms with van der Waals surface area (Å²) in [7, 11) is 0. The average Bonchev–Trinajstić information content (AvgIpc) is 2.41.